The molecule has 4 nitrogen and oxygen atoms in total. The zero-order chi connectivity index (χ0) is 15.2. The van der Waals surface area contributed by atoms with Gasteiger partial charge in [-0.05, 0) is 18.9 Å². The molecule has 0 bridgehead atoms. The number of allylic oxidation sites excluding steroid dienone is 1. The van der Waals surface area contributed by atoms with Crippen molar-refractivity contribution in [2.24, 2.45) is 0 Å². The van der Waals surface area contributed by atoms with Gasteiger partial charge in [0.2, 0.25) is 5.91 Å². The first kappa shape index (κ1) is 15.3. The largest absolute Gasteiger partial charge is 0.463 e. The first-order valence-corrected chi connectivity index (χ1v) is 7.42. The van der Waals surface area contributed by atoms with Crippen LogP contribution < -0.4 is 5.32 Å². The second kappa shape index (κ2) is 7.07. The van der Waals surface area contributed by atoms with Gasteiger partial charge in [-0.3, -0.25) is 4.79 Å². The van der Waals surface area contributed by atoms with Gasteiger partial charge in [0.05, 0.1) is 12.2 Å². The Kier molecular flexibility index (Phi) is 5.14. The lowest BCUT2D eigenvalue weighted by molar-refractivity contribution is -0.139. The number of hydrogen-bond donors (Lipinski definition) is 1. The third-order valence-electron chi connectivity index (χ3n) is 3.55. The summed E-state index contributed by atoms with van der Waals surface area (Å²) < 4.78 is 5.20. The van der Waals surface area contributed by atoms with Gasteiger partial charge in [-0.2, -0.15) is 0 Å². The molecule has 1 aromatic carbocycles. The normalized spacial score (nSPS) is 18.4. The molecule has 0 aliphatic carbocycles. The Labute approximate surface area is 125 Å². The topological polar surface area (TPSA) is 55.4 Å². The second-order valence-electron chi connectivity index (χ2n) is 5.08. The van der Waals surface area contributed by atoms with Gasteiger partial charge < -0.3 is 10.1 Å². The lowest BCUT2D eigenvalue weighted by Gasteiger charge is -2.28. The van der Waals surface area contributed by atoms with E-state index in [-0.39, 0.29) is 24.2 Å². The molecule has 1 unspecified atom stereocenters. The molecule has 0 fully saturated rings. The lowest BCUT2D eigenvalue weighted by Crippen LogP contribution is -2.35. The van der Waals surface area contributed by atoms with Crippen LogP contribution in [0.4, 0.5) is 0 Å². The molecule has 1 heterocycles. The third kappa shape index (κ3) is 3.51. The summed E-state index contributed by atoms with van der Waals surface area (Å²) in [7, 11) is 0. The molecule has 1 aliphatic rings. The van der Waals surface area contributed by atoms with E-state index in [4.69, 9.17) is 4.74 Å². The number of hydrogen-bond acceptors (Lipinski definition) is 3. The van der Waals surface area contributed by atoms with Crippen LogP contribution in [-0.4, -0.2) is 18.5 Å². The van der Waals surface area contributed by atoms with Gasteiger partial charge in [0, 0.05) is 18.0 Å². The number of esters is 1. The lowest BCUT2D eigenvalue weighted by atomic mass is 9.83. The molecule has 1 N–H and O–H groups in total. The average Bonchev–Trinajstić information content (AvgIpc) is 2.48. The summed E-state index contributed by atoms with van der Waals surface area (Å²) in [5, 5.41) is 2.85. The maximum Gasteiger partial charge on any atom is 0.336 e. The van der Waals surface area contributed by atoms with E-state index in [0.29, 0.717) is 24.3 Å². The highest BCUT2D eigenvalue weighted by molar-refractivity contribution is 5.95. The molecule has 21 heavy (non-hydrogen) atoms. The van der Waals surface area contributed by atoms with E-state index in [0.717, 1.165) is 12.0 Å². The van der Waals surface area contributed by atoms with E-state index in [1.807, 2.05) is 37.3 Å². The predicted octanol–water partition coefficient (Wildman–Crippen LogP) is 2.91. The van der Waals surface area contributed by atoms with Crippen LogP contribution in [0.5, 0.6) is 0 Å². The molecule has 0 radical (unpaired) electrons. The van der Waals surface area contributed by atoms with Crippen LogP contribution in [-0.2, 0) is 14.3 Å². The molecular weight excluding hydrogens is 266 g/mol. The van der Waals surface area contributed by atoms with Crippen molar-refractivity contribution < 1.29 is 14.3 Å². The molecule has 0 saturated carbocycles. The highest BCUT2D eigenvalue weighted by Crippen LogP contribution is 2.34. The van der Waals surface area contributed by atoms with E-state index in [9.17, 15) is 9.59 Å². The van der Waals surface area contributed by atoms with E-state index in [1.165, 1.54) is 0 Å². The van der Waals surface area contributed by atoms with Gasteiger partial charge >= 0.3 is 5.97 Å². The fourth-order valence-corrected chi connectivity index (χ4v) is 2.68. The van der Waals surface area contributed by atoms with Crippen LogP contribution in [0, 0.1) is 0 Å². The van der Waals surface area contributed by atoms with E-state index < -0.39 is 0 Å². The number of ether oxygens (including phenoxy) is 1. The molecule has 1 aromatic rings. The summed E-state index contributed by atoms with van der Waals surface area (Å²) >= 11 is 0. The molecule has 4 heteroatoms. The van der Waals surface area contributed by atoms with E-state index in [1.54, 1.807) is 6.92 Å². The summed E-state index contributed by atoms with van der Waals surface area (Å²) in [6.45, 7) is 4.14. The van der Waals surface area contributed by atoms with Gasteiger partial charge in [-0.1, -0.05) is 43.7 Å². The number of nitrogens with one attached hydrogen (secondary N) is 1. The minimum atomic E-state index is -0.324. The van der Waals surface area contributed by atoms with Gasteiger partial charge in [0.25, 0.3) is 0 Å². The Hall–Kier alpha value is -2.10. The molecule has 1 aliphatic heterocycles. The molecule has 1 atom stereocenters. The quantitative estimate of drug-likeness (QED) is 0.847. The maximum absolute atomic E-state index is 12.3. The van der Waals surface area contributed by atoms with Crippen molar-refractivity contribution in [3.63, 3.8) is 0 Å². The molecule has 0 saturated heterocycles. The Morgan fingerprint density at radius 1 is 1.29 bits per heavy atom. The fourth-order valence-electron chi connectivity index (χ4n) is 2.68. The summed E-state index contributed by atoms with van der Waals surface area (Å²) in [5.74, 6) is -0.587. The highest BCUT2D eigenvalue weighted by atomic mass is 16.5. The van der Waals surface area contributed by atoms with Crippen molar-refractivity contribution in [3.05, 3.63) is 47.2 Å². The van der Waals surface area contributed by atoms with Crippen molar-refractivity contribution >= 4 is 11.9 Å². The Balaban J connectivity index is 2.46. The number of benzene rings is 1. The van der Waals surface area contributed by atoms with Crippen LogP contribution in [0.2, 0.25) is 0 Å². The van der Waals surface area contributed by atoms with Gasteiger partial charge in [-0.15, -0.1) is 0 Å². The molecule has 1 amide bonds. The Morgan fingerprint density at radius 3 is 2.62 bits per heavy atom. The van der Waals surface area contributed by atoms with Crippen LogP contribution in [0.25, 0.3) is 0 Å². The smallest absolute Gasteiger partial charge is 0.336 e. The Morgan fingerprint density at radius 2 is 2.00 bits per heavy atom. The first-order valence-electron chi connectivity index (χ1n) is 7.42. The molecule has 0 spiro atoms. The van der Waals surface area contributed by atoms with Crippen molar-refractivity contribution in [1.29, 1.82) is 0 Å². The molecule has 0 aromatic heterocycles. The Bertz CT molecular complexity index is 548. The summed E-state index contributed by atoms with van der Waals surface area (Å²) in [6.07, 6.45) is 1.81. The van der Waals surface area contributed by atoms with Gasteiger partial charge in [0.1, 0.15) is 0 Å². The molecular formula is C17H21NO3. The van der Waals surface area contributed by atoms with Crippen LogP contribution >= 0.6 is 0 Å². The number of rotatable bonds is 5. The third-order valence-corrected chi connectivity index (χ3v) is 3.55. The maximum atomic E-state index is 12.3. The standard InChI is InChI=1S/C17H21NO3/c1-3-8-14-16(17(20)21-4-2)13(11-15(19)18-14)12-9-6-5-7-10-12/h5-7,9-10,13H,3-4,8,11H2,1-2H3,(H,18,19). The van der Waals surface area contributed by atoms with Crippen molar-refractivity contribution in [1.82, 2.24) is 5.32 Å². The number of carbonyl (C=O) groups excluding carboxylic acids is 2. The van der Waals surface area contributed by atoms with Crippen molar-refractivity contribution in [2.45, 2.75) is 39.0 Å². The number of carbonyl (C=O) groups is 2. The van der Waals surface area contributed by atoms with Gasteiger partial charge in [0.15, 0.2) is 0 Å². The average molecular weight is 287 g/mol. The van der Waals surface area contributed by atoms with Crippen molar-refractivity contribution in [2.75, 3.05) is 6.61 Å². The number of amides is 1. The summed E-state index contributed by atoms with van der Waals surface area (Å²) in [6, 6.07) is 9.67. The zero-order valence-electron chi connectivity index (χ0n) is 12.5. The van der Waals surface area contributed by atoms with Crippen molar-refractivity contribution in [3.8, 4) is 0 Å². The van der Waals surface area contributed by atoms with Gasteiger partial charge in [-0.25, -0.2) is 4.79 Å². The van der Waals surface area contributed by atoms with E-state index >= 15 is 0 Å². The predicted molar refractivity (Wildman–Crippen MR) is 80.5 cm³/mol. The highest BCUT2D eigenvalue weighted by Gasteiger charge is 2.33. The van der Waals surface area contributed by atoms with Crippen LogP contribution in [0.3, 0.4) is 0 Å². The summed E-state index contributed by atoms with van der Waals surface area (Å²) in [5.41, 5.74) is 2.29. The molecule has 112 valence electrons. The van der Waals surface area contributed by atoms with Crippen LogP contribution in [0.1, 0.15) is 44.6 Å². The fraction of sp³-hybridized carbons (Fsp3) is 0.412. The van der Waals surface area contributed by atoms with Crippen LogP contribution in [0.15, 0.2) is 41.6 Å². The molecule has 2 rings (SSSR count). The first-order chi connectivity index (χ1) is 10.2. The minimum absolute atomic E-state index is 0.0413. The second-order valence-corrected chi connectivity index (χ2v) is 5.08. The SMILES string of the molecule is CCCC1=C(C(=O)OCC)C(c2ccccc2)CC(=O)N1. The zero-order valence-corrected chi connectivity index (χ0v) is 12.5. The minimum Gasteiger partial charge on any atom is -0.463 e. The van der Waals surface area contributed by atoms with E-state index in [2.05, 4.69) is 5.32 Å². The summed E-state index contributed by atoms with van der Waals surface area (Å²) in [4.78, 5) is 24.3. The monoisotopic (exact) mass is 287 g/mol.